The quantitative estimate of drug-likeness (QED) is 0.869. The van der Waals surface area contributed by atoms with Gasteiger partial charge in [-0.1, -0.05) is 6.07 Å². The number of pyridine rings is 1. The number of hydrogen-bond donors (Lipinski definition) is 2. The molecule has 0 saturated carbocycles. The molecule has 7 heteroatoms. The molecule has 0 saturated heterocycles. The first-order chi connectivity index (χ1) is 12.1. The molecule has 0 fully saturated rings. The van der Waals surface area contributed by atoms with Crippen molar-refractivity contribution in [1.29, 1.82) is 0 Å². The maximum atomic E-state index is 12.3. The van der Waals surface area contributed by atoms with Gasteiger partial charge in [0.2, 0.25) is 0 Å². The summed E-state index contributed by atoms with van der Waals surface area (Å²) < 4.78 is 29.1. The smallest absolute Gasteiger partial charge is 0.387 e. The van der Waals surface area contributed by atoms with E-state index in [2.05, 4.69) is 20.4 Å². The molecule has 0 aliphatic heterocycles. The lowest BCUT2D eigenvalue weighted by Crippen LogP contribution is -2.38. The zero-order chi connectivity index (χ0) is 17.6. The Kier molecular flexibility index (Phi) is 5.42. The average molecular weight is 347 g/mol. The number of aromatic nitrogens is 1. The topological polar surface area (TPSA) is 63.2 Å². The Labute approximate surface area is 144 Å². The van der Waals surface area contributed by atoms with Crippen molar-refractivity contribution in [2.24, 2.45) is 0 Å². The molecule has 0 bridgehead atoms. The summed E-state index contributed by atoms with van der Waals surface area (Å²) >= 11 is 0. The Balaban J connectivity index is 1.61. The van der Waals surface area contributed by atoms with Crippen molar-refractivity contribution in [1.82, 2.24) is 15.6 Å². The van der Waals surface area contributed by atoms with E-state index in [1.54, 1.807) is 24.5 Å². The van der Waals surface area contributed by atoms with Crippen LogP contribution in [0.25, 0.3) is 0 Å². The molecule has 1 aliphatic rings. The molecule has 2 amide bonds. The van der Waals surface area contributed by atoms with Crippen molar-refractivity contribution >= 4 is 6.03 Å². The van der Waals surface area contributed by atoms with E-state index in [1.165, 1.54) is 6.07 Å². The molecule has 1 heterocycles. The van der Waals surface area contributed by atoms with Gasteiger partial charge in [0.1, 0.15) is 5.75 Å². The number of nitrogens with one attached hydrogen (secondary N) is 2. The van der Waals surface area contributed by atoms with E-state index in [1.807, 2.05) is 12.1 Å². The van der Waals surface area contributed by atoms with Crippen LogP contribution in [0.5, 0.6) is 5.75 Å². The van der Waals surface area contributed by atoms with Gasteiger partial charge in [-0.2, -0.15) is 8.78 Å². The van der Waals surface area contributed by atoms with Crippen LogP contribution in [0.3, 0.4) is 0 Å². The molecule has 1 aromatic carbocycles. The molecule has 0 radical (unpaired) electrons. The number of urea groups is 1. The summed E-state index contributed by atoms with van der Waals surface area (Å²) in [5.74, 6) is 0.150. The fourth-order valence-corrected chi connectivity index (χ4v) is 3.01. The minimum atomic E-state index is -2.84. The summed E-state index contributed by atoms with van der Waals surface area (Å²) in [6.45, 7) is -2.43. The molecule has 1 aliphatic carbocycles. The Bertz CT molecular complexity index is 726. The fraction of sp³-hybridized carbons (Fsp3) is 0.333. The molecule has 1 atom stereocenters. The van der Waals surface area contributed by atoms with E-state index in [9.17, 15) is 13.6 Å². The molecule has 0 unspecified atom stereocenters. The van der Waals surface area contributed by atoms with Crippen molar-refractivity contribution < 1.29 is 18.3 Å². The second kappa shape index (κ2) is 7.92. The highest BCUT2D eigenvalue weighted by molar-refractivity contribution is 5.74. The normalized spacial score (nSPS) is 16.2. The van der Waals surface area contributed by atoms with Crippen LogP contribution in [0.1, 0.15) is 35.6 Å². The van der Waals surface area contributed by atoms with E-state index in [-0.39, 0.29) is 17.8 Å². The third kappa shape index (κ3) is 4.65. The standard InChI is InChI=1S/C18H19F2N3O2/c19-17(20)25-14-4-5-15-13(10-14)2-1-3-16(15)23-18(24)22-11-12-6-8-21-9-7-12/h4-10,16-17H,1-3,11H2,(H2,22,23,24)/t16-/m0/s1. The van der Waals surface area contributed by atoms with Crippen LogP contribution in [0.15, 0.2) is 42.7 Å². The van der Waals surface area contributed by atoms with Gasteiger partial charge in [-0.25, -0.2) is 4.79 Å². The lowest BCUT2D eigenvalue weighted by Gasteiger charge is -2.27. The van der Waals surface area contributed by atoms with Gasteiger partial charge in [-0.15, -0.1) is 0 Å². The molecule has 2 N–H and O–H groups in total. The van der Waals surface area contributed by atoms with Gasteiger partial charge in [0.15, 0.2) is 0 Å². The lowest BCUT2D eigenvalue weighted by molar-refractivity contribution is -0.0499. The number of rotatable bonds is 5. The third-order valence-corrected chi connectivity index (χ3v) is 4.16. The first kappa shape index (κ1) is 17.1. The number of carbonyl (C=O) groups excluding carboxylic acids is 1. The molecule has 2 aromatic rings. The zero-order valence-corrected chi connectivity index (χ0v) is 13.5. The predicted octanol–water partition coefficient (Wildman–Crippen LogP) is 3.56. The van der Waals surface area contributed by atoms with Crippen molar-refractivity contribution in [3.05, 3.63) is 59.4 Å². The van der Waals surface area contributed by atoms with E-state index in [4.69, 9.17) is 0 Å². The summed E-state index contributed by atoms with van der Waals surface area (Å²) in [5, 5.41) is 5.76. The van der Waals surface area contributed by atoms with Crippen LogP contribution in [-0.4, -0.2) is 17.6 Å². The molecule has 132 valence electrons. The predicted molar refractivity (Wildman–Crippen MR) is 88.4 cm³/mol. The molecule has 0 spiro atoms. The summed E-state index contributed by atoms with van der Waals surface area (Å²) in [6.07, 6.45) is 5.81. The van der Waals surface area contributed by atoms with Gasteiger partial charge < -0.3 is 15.4 Å². The van der Waals surface area contributed by atoms with Gasteiger partial charge in [0, 0.05) is 18.9 Å². The van der Waals surface area contributed by atoms with Gasteiger partial charge in [0.25, 0.3) is 0 Å². The van der Waals surface area contributed by atoms with E-state index >= 15 is 0 Å². The number of carbonyl (C=O) groups is 1. The van der Waals surface area contributed by atoms with Crippen LogP contribution < -0.4 is 15.4 Å². The van der Waals surface area contributed by atoms with Crippen molar-refractivity contribution in [2.75, 3.05) is 0 Å². The fourth-order valence-electron chi connectivity index (χ4n) is 3.01. The maximum absolute atomic E-state index is 12.3. The van der Waals surface area contributed by atoms with Crippen LogP contribution in [0, 0.1) is 0 Å². The number of halogens is 2. The average Bonchev–Trinajstić information content (AvgIpc) is 2.60. The highest BCUT2D eigenvalue weighted by Gasteiger charge is 2.22. The third-order valence-electron chi connectivity index (χ3n) is 4.16. The zero-order valence-electron chi connectivity index (χ0n) is 13.5. The second-order valence-electron chi connectivity index (χ2n) is 5.87. The highest BCUT2D eigenvalue weighted by atomic mass is 19.3. The second-order valence-corrected chi connectivity index (χ2v) is 5.87. The monoisotopic (exact) mass is 347 g/mol. The van der Waals surface area contributed by atoms with Gasteiger partial charge in [-0.3, -0.25) is 4.98 Å². The van der Waals surface area contributed by atoms with Crippen molar-refractivity contribution in [3.8, 4) is 5.75 Å². The Morgan fingerprint density at radius 2 is 2.08 bits per heavy atom. The first-order valence-corrected chi connectivity index (χ1v) is 8.13. The molecule has 5 nitrogen and oxygen atoms in total. The number of nitrogens with zero attached hydrogens (tertiary/aromatic N) is 1. The minimum absolute atomic E-state index is 0.137. The van der Waals surface area contributed by atoms with E-state index in [0.717, 1.165) is 36.0 Å². The molecular formula is C18H19F2N3O2. The summed E-state index contributed by atoms with van der Waals surface area (Å²) in [5.41, 5.74) is 2.85. The molecular weight excluding hydrogens is 328 g/mol. The maximum Gasteiger partial charge on any atom is 0.387 e. The van der Waals surface area contributed by atoms with Gasteiger partial charge in [-0.05, 0) is 60.2 Å². The van der Waals surface area contributed by atoms with Crippen LogP contribution in [0.2, 0.25) is 0 Å². The van der Waals surface area contributed by atoms with Crippen LogP contribution in [-0.2, 0) is 13.0 Å². The number of ether oxygens (including phenoxy) is 1. The largest absolute Gasteiger partial charge is 0.435 e. The number of alkyl halides is 2. The van der Waals surface area contributed by atoms with Crippen molar-refractivity contribution in [3.63, 3.8) is 0 Å². The Hall–Kier alpha value is -2.70. The molecule has 1 aromatic heterocycles. The molecule has 25 heavy (non-hydrogen) atoms. The lowest BCUT2D eigenvalue weighted by atomic mass is 9.87. The van der Waals surface area contributed by atoms with Crippen molar-refractivity contribution in [2.45, 2.75) is 38.5 Å². The summed E-state index contributed by atoms with van der Waals surface area (Å²) in [4.78, 5) is 16.1. The molecule has 3 rings (SSSR count). The summed E-state index contributed by atoms with van der Waals surface area (Å²) in [6, 6.07) is 8.16. The van der Waals surface area contributed by atoms with E-state index in [0.29, 0.717) is 6.54 Å². The first-order valence-electron chi connectivity index (χ1n) is 8.13. The number of amides is 2. The van der Waals surface area contributed by atoms with E-state index < -0.39 is 6.61 Å². The number of benzene rings is 1. The van der Waals surface area contributed by atoms with Gasteiger partial charge >= 0.3 is 12.6 Å². The number of aryl methyl sites for hydroxylation is 1. The Morgan fingerprint density at radius 1 is 1.28 bits per heavy atom. The summed E-state index contributed by atoms with van der Waals surface area (Å²) in [7, 11) is 0. The highest BCUT2D eigenvalue weighted by Crippen LogP contribution is 2.32. The Morgan fingerprint density at radius 3 is 2.84 bits per heavy atom. The van der Waals surface area contributed by atoms with Gasteiger partial charge in [0.05, 0.1) is 6.04 Å². The van der Waals surface area contributed by atoms with Crippen LogP contribution >= 0.6 is 0 Å². The SMILES string of the molecule is O=C(NCc1ccncc1)N[C@H]1CCCc2cc(OC(F)F)ccc21. The number of hydrogen-bond acceptors (Lipinski definition) is 3. The van der Waals surface area contributed by atoms with Crippen LogP contribution in [0.4, 0.5) is 13.6 Å². The minimum Gasteiger partial charge on any atom is -0.435 e. The number of fused-ring (bicyclic) bond motifs is 1.